The van der Waals surface area contributed by atoms with Crippen LogP contribution in [0.1, 0.15) is 17.3 Å². The topological polar surface area (TPSA) is 46.2 Å². The first kappa shape index (κ1) is 16.5. The fourth-order valence-corrected chi connectivity index (χ4v) is 2.56. The molecule has 3 nitrogen and oxygen atoms in total. The Morgan fingerprint density at radius 2 is 1.86 bits per heavy atom. The molecular formula is C16H13ClFNO2S. The highest BCUT2D eigenvalue weighted by Gasteiger charge is 2.09. The van der Waals surface area contributed by atoms with Gasteiger partial charge in [0.1, 0.15) is 5.82 Å². The molecular weight excluding hydrogens is 325 g/mol. The first-order chi connectivity index (χ1) is 10.5. The fourth-order valence-electron chi connectivity index (χ4n) is 1.71. The molecule has 0 aliphatic carbocycles. The van der Waals surface area contributed by atoms with Gasteiger partial charge in [-0.25, -0.2) is 4.39 Å². The first-order valence-corrected chi connectivity index (χ1v) is 7.81. The highest BCUT2D eigenvalue weighted by Crippen LogP contribution is 2.23. The van der Waals surface area contributed by atoms with Crippen molar-refractivity contribution in [2.24, 2.45) is 0 Å². The van der Waals surface area contributed by atoms with E-state index in [1.165, 1.54) is 19.1 Å². The maximum Gasteiger partial charge on any atom is 0.234 e. The van der Waals surface area contributed by atoms with Crippen LogP contribution in [0.15, 0.2) is 47.4 Å². The summed E-state index contributed by atoms with van der Waals surface area (Å²) >= 11 is 6.83. The van der Waals surface area contributed by atoms with Crippen LogP contribution in [0.5, 0.6) is 0 Å². The molecule has 2 rings (SSSR count). The van der Waals surface area contributed by atoms with Crippen molar-refractivity contribution in [2.75, 3.05) is 11.1 Å². The molecule has 0 atom stereocenters. The Morgan fingerprint density at radius 1 is 1.18 bits per heavy atom. The summed E-state index contributed by atoms with van der Waals surface area (Å²) in [5.41, 5.74) is 0.940. The minimum atomic E-state index is -0.503. The molecule has 0 radical (unpaired) electrons. The minimum absolute atomic E-state index is 0.0684. The molecule has 114 valence electrons. The number of ketones is 1. The molecule has 0 fully saturated rings. The van der Waals surface area contributed by atoms with E-state index in [1.54, 1.807) is 30.3 Å². The van der Waals surface area contributed by atoms with Crippen molar-refractivity contribution in [3.63, 3.8) is 0 Å². The maximum atomic E-state index is 13.8. The van der Waals surface area contributed by atoms with E-state index in [0.717, 1.165) is 11.8 Å². The smallest absolute Gasteiger partial charge is 0.234 e. The number of rotatable bonds is 5. The third-order valence-corrected chi connectivity index (χ3v) is 4.13. The number of amides is 1. The Bertz CT molecular complexity index is 704. The summed E-state index contributed by atoms with van der Waals surface area (Å²) in [7, 11) is 0. The second-order valence-corrected chi connectivity index (χ2v) is 6.00. The van der Waals surface area contributed by atoms with Gasteiger partial charge in [0, 0.05) is 21.2 Å². The lowest BCUT2D eigenvalue weighted by Gasteiger charge is -2.06. The fraction of sp³-hybridized carbons (Fsp3) is 0.125. The molecule has 1 amide bonds. The van der Waals surface area contributed by atoms with E-state index in [9.17, 15) is 14.0 Å². The first-order valence-electron chi connectivity index (χ1n) is 6.44. The normalized spacial score (nSPS) is 10.3. The Labute approximate surface area is 136 Å². The number of Topliss-reactive ketones (excluding diaryl/α,β-unsaturated/α-hetero) is 1. The van der Waals surface area contributed by atoms with Gasteiger partial charge in [0.25, 0.3) is 0 Å². The van der Waals surface area contributed by atoms with Gasteiger partial charge in [-0.15, -0.1) is 11.8 Å². The molecule has 0 heterocycles. The molecule has 6 heteroatoms. The number of halogens is 2. The van der Waals surface area contributed by atoms with Crippen LogP contribution in [0.25, 0.3) is 0 Å². The molecule has 0 aliphatic heterocycles. The van der Waals surface area contributed by atoms with Crippen molar-refractivity contribution in [2.45, 2.75) is 11.8 Å². The third kappa shape index (κ3) is 4.58. The van der Waals surface area contributed by atoms with E-state index >= 15 is 0 Å². The maximum absolute atomic E-state index is 13.8. The highest BCUT2D eigenvalue weighted by atomic mass is 35.5. The Morgan fingerprint density at radius 3 is 2.45 bits per heavy atom. The standard InChI is InChI=1S/C16H13ClFNO2S/c1-10(20)11-2-7-15(14(18)8-11)22-9-16(21)19-13-5-3-12(17)4-6-13/h2-8H,9H2,1H3,(H,19,21). The number of hydrogen-bond acceptors (Lipinski definition) is 3. The average molecular weight is 338 g/mol. The second kappa shape index (κ2) is 7.42. The van der Waals surface area contributed by atoms with E-state index in [1.807, 2.05) is 0 Å². The van der Waals surface area contributed by atoms with Crippen LogP contribution in [0.4, 0.5) is 10.1 Å². The largest absolute Gasteiger partial charge is 0.325 e. The predicted octanol–water partition coefficient (Wildman–Crippen LogP) is 4.41. The van der Waals surface area contributed by atoms with Crippen LogP contribution < -0.4 is 5.32 Å². The van der Waals surface area contributed by atoms with Crippen LogP contribution in [0, 0.1) is 5.82 Å². The van der Waals surface area contributed by atoms with Crippen LogP contribution in [0.3, 0.4) is 0 Å². The lowest BCUT2D eigenvalue weighted by atomic mass is 10.1. The zero-order valence-corrected chi connectivity index (χ0v) is 13.3. The van der Waals surface area contributed by atoms with Crippen molar-refractivity contribution < 1.29 is 14.0 Å². The van der Waals surface area contributed by atoms with Gasteiger partial charge >= 0.3 is 0 Å². The van der Waals surface area contributed by atoms with Crippen molar-refractivity contribution in [3.8, 4) is 0 Å². The molecule has 0 saturated carbocycles. The third-order valence-electron chi connectivity index (χ3n) is 2.83. The molecule has 0 unspecified atom stereocenters. The zero-order valence-electron chi connectivity index (χ0n) is 11.7. The van der Waals surface area contributed by atoms with Gasteiger partial charge < -0.3 is 5.32 Å². The molecule has 0 bridgehead atoms. The minimum Gasteiger partial charge on any atom is -0.325 e. The second-order valence-electron chi connectivity index (χ2n) is 4.55. The quantitative estimate of drug-likeness (QED) is 0.649. The summed E-state index contributed by atoms with van der Waals surface area (Å²) in [5.74, 6) is -0.880. The van der Waals surface area contributed by atoms with Gasteiger partial charge in [0.15, 0.2) is 5.78 Å². The van der Waals surface area contributed by atoms with Gasteiger partial charge in [-0.1, -0.05) is 17.7 Å². The number of carbonyl (C=O) groups is 2. The summed E-state index contributed by atoms with van der Waals surface area (Å²) < 4.78 is 13.8. The van der Waals surface area contributed by atoms with Crippen molar-refractivity contribution in [1.82, 2.24) is 0 Å². The summed E-state index contributed by atoms with van der Waals surface area (Å²) in [6.07, 6.45) is 0. The summed E-state index contributed by atoms with van der Waals surface area (Å²) in [6.45, 7) is 1.38. The van der Waals surface area contributed by atoms with Gasteiger partial charge in [0.2, 0.25) is 5.91 Å². The van der Waals surface area contributed by atoms with Gasteiger partial charge in [-0.3, -0.25) is 9.59 Å². The molecule has 0 aromatic heterocycles. The molecule has 0 aliphatic rings. The number of hydrogen-bond donors (Lipinski definition) is 1. The van der Waals surface area contributed by atoms with E-state index in [-0.39, 0.29) is 17.4 Å². The van der Waals surface area contributed by atoms with E-state index in [0.29, 0.717) is 21.2 Å². The Hall–Kier alpha value is -1.85. The van der Waals surface area contributed by atoms with Crippen molar-refractivity contribution in [3.05, 3.63) is 58.9 Å². The number of carbonyl (C=O) groups excluding carboxylic acids is 2. The Balaban J connectivity index is 1.93. The number of thioether (sulfide) groups is 1. The highest BCUT2D eigenvalue weighted by molar-refractivity contribution is 8.00. The molecule has 0 saturated heterocycles. The Kier molecular flexibility index (Phi) is 5.57. The monoisotopic (exact) mass is 337 g/mol. The van der Waals surface area contributed by atoms with Crippen molar-refractivity contribution in [1.29, 1.82) is 0 Å². The number of anilines is 1. The van der Waals surface area contributed by atoms with Crippen LogP contribution >= 0.6 is 23.4 Å². The lowest BCUT2D eigenvalue weighted by Crippen LogP contribution is -2.14. The number of nitrogens with one attached hydrogen (secondary N) is 1. The average Bonchev–Trinajstić information content (AvgIpc) is 2.48. The lowest BCUT2D eigenvalue weighted by molar-refractivity contribution is -0.113. The molecule has 0 spiro atoms. The zero-order chi connectivity index (χ0) is 16.1. The SMILES string of the molecule is CC(=O)c1ccc(SCC(=O)Nc2ccc(Cl)cc2)c(F)c1. The van der Waals surface area contributed by atoms with E-state index < -0.39 is 5.82 Å². The summed E-state index contributed by atoms with van der Waals surface area (Å²) in [6, 6.07) is 11.0. The molecule has 1 N–H and O–H groups in total. The van der Waals surface area contributed by atoms with Crippen molar-refractivity contribution >= 4 is 40.7 Å². The van der Waals surface area contributed by atoms with Gasteiger partial charge in [-0.05, 0) is 43.3 Å². The predicted molar refractivity (Wildman–Crippen MR) is 87.2 cm³/mol. The summed E-state index contributed by atoms with van der Waals surface area (Å²) in [5, 5.41) is 3.28. The van der Waals surface area contributed by atoms with E-state index in [2.05, 4.69) is 5.32 Å². The van der Waals surface area contributed by atoms with Crippen LogP contribution in [-0.2, 0) is 4.79 Å². The van der Waals surface area contributed by atoms with Crippen LogP contribution in [0.2, 0.25) is 5.02 Å². The van der Waals surface area contributed by atoms with E-state index in [4.69, 9.17) is 11.6 Å². The number of benzene rings is 2. The summed E-state index contributed by atoms with van der Waals surface area (Å²) in [4.78, 5) is 23.3. The molecule has 22 heavy (non-hydrogen) atoms. The molecule has 2 aromatic carbocycles. The molecule has 2 aromatic rings. The van der Waals surface area contributed by atoms with Gasteiger partial charge in [0.05, 0.1) is 5.75 Å². The van der Waals surface area contributed by atoms with Crippen LogP contribution in [-0.4, -0.2) is 17.4 Å². The van der Waals surface area contributed by atoms with Gasteiger partial charge in [-0.2, -0.15) is 0 Å².